The monoisotopic (exact) mass is 320 g/mol. The van der Waals surface area contributed by atoms with Crippen LogP contribution in [0.25, 0.3) is 0 Å². The van der Waals surface area contributed by atoms with E-state index in [9.17, 15) is 14.7 Å². The second-order valence-electron chi connectivity index (χ2n) is 4.92. The lowest BCUT2D eigenvalue weighted by Crippen LogP contribution is -2.44. The van der Waals surface area contributed by atoms with E-state index in [0.29, 0.717) is 16.3 Å². The zero-order valence-corrected chi connectivity index (χ0v) is 13.0. The molecule has 1 atom stereocenters. The van der Waals surface area contributed by atoms with Crippen LogP contribution in [0.2, 0.25) is 0 Å². The molecule has 1 heterocycles. The van der Waals surface area contributed by atoms with Crippen LogP contribution in [0.5, 0.6) is 5.88 Å². The van der Waals surface area contributed by atoms with Crippen LogP contribution in [0, 0.1) is 0 Å². The number of carboxylic acids is 1. The first-order valence-electron chi connectivity index (χ1n) is 6.55. The number of aromatic nitrogens is 1. The number of ether oxygens (including phenoxy) is 1. The Morgan fingerprint density at radius 1 is 1.36 bits per heavy atom. The summed E-state index contributed by atoms with van der Waals surface area (Å²) in [5.74, 6) is -1.01. The second kappa shape index (κ2) is 6.57. The number of benzene rings is 1. The second-order valence-corrected chi connectivity index (χ2v) is 5.72. The van der Waals surface area contributed by atoms with Crippen molar-refractivity contribution in [1.82, 2.24) is 9.69 Å². The van der Waals surface area contributed by atoms with E-state index in [1.807, 2.05) is 6.07 Å². The van der Waals surface area contributed by atoms with Crippen molar-refractivity contribution in [2.24, 2.45) is 0 Å². The van der Waals surface area contributed by atoms with Gasteiger partial charge in [-0.25, -0.2) is 0 Å². The zero-order chi connectivity index (χ0) is 16.2. The molecule has 1 aromatic carbocycles. The molecule has 0 aliphatic carbocycles. The summed E-state index contributed by atoms with van der Waals surface area (Å²) in [6.45, 7) is 1.56. The lowest BCUT2D eigenvalue weighted by Gasteiger charge is -2.25. The molecule has 0 spiro atoms. The van der Waals surface area contributed by atoms with E-state index in [4.69, 9.17) is 4.74 Å². The molecule has 2 rings (SSSR count). The van der Waals surface area contributed by atoms with Crippen LogP contribution in [0.1, 0.15) is 22.2 Å². The number of amides is 1. The predicted molar refractivity (Wildman–Crippen MR) is 82.4 cm³/mol. The van der Waals surface area contributed by atoms with Gasteiger partial charge in [-0.1, -0.05) is 30.3 Å². The Labute approximate surface area is 131 Å². The fourth-order valence-electron chi connectivity index (χ4n) is 1.91. The van der Waals surface area contributed by atoms with Gasteiger partial charge in [0.05, 0.1) is 7.11 Å². The van der Waals surface area contributed by atoms with E-state index in [1.54, 1.807) is 31.2 Å². The van der Waals surface area contributed by atoms with Gasteiger partial charge in [0.25, 0.3) is 5.91 Å². The van der Waals surface area contributed by atoms with Crippen molar-refractivity contribution < 1.29 is 19.4 Å². The largest absolute Gasteiger partial charge is 0.481 e. The van der Waals surface area contributed by atoms with Gasteiger partial charge in [-0.3, -0.25) is 9.59 Å². The lowest BCUT2D eigenvalue weighted by molar-refractivity contribution is -0.142. The third-order valence-electron chi connectivity index (χ3n) is 3.41. The number of hydrogen-bond acceptors (Lipinski definition) is 5. The summed E-state index contributed by atoms with van der Waals surface area (Å²) in [6.07, 6.45) is 0. The normalized spacial score (nSPS) is 13.2. The van der Waals surface area contributed by atoms with Crippen molar-refractivity contribution in [3.63, 3.8) is 0 Å². The number of carbonyl (C=O) groups excluding carboxylic acids is 1. The summed E-state index contributed by atoms with van der Waals surface area (Å²) >= 11 is 1.00. The third kappa shape index (κ3) is 3.25. The maximum atomic E-state index is 12.1. The predicted octanol–water partition coefficient (Wildman–Crippen LogP) is 1.92. The molecule has 1 amide bonds. The van der Waals surface area contributed by atoms with E-state index < -0.39 is 11.4 Å². The molecule has 0 bridgehead atoms. The number of methoxy groups -OCH3 is 1. The first kappa shape index (κ1) is 16.0. The maximum absolute atomic E-state index is 12.1. The molecular formula is C15H16N2O4S. The van der Waals surface area contributed by atoms with Crippen LogP contribution < -0.4 is 10.1 Å². The van der Waals surface area contributed by atoms with E-state index in [2.05, 4.69) is 9.69 Å². The van der Waals surface area contributed by atoms with Gasteiger partial charge in [0.2, 0.25) is 5.88 Å². The Bertz CT molecular complexity index is 671. The average molecular weight is 320 g/mol. The Morgan fingerprint density at radius 3 is 2.59 bits per heavy atom. The molecule has 0 fully saturated rings. The molecule has 2 N–H and O–H groups in total. The van der Waals surface area contributed by atoms with E-state index in [-0.39, 0.29) is 12.5 Å². The molecule has 2 aromatic rings. The molecule has 0 radical (unpaired) electrons. The molecule has 116 valence electrons. The minimum Gasteiger partial charge on any atom is -0.481 e. The van der Waals surface area contributed by atoms with Crippen molar-refractivity contribution in [1.29, 1.82) is 0 Å². The van der Waals surface area contributed by atoms with Crippen molar-refractivity contribution in [3.05, 3.63) is 46.8 Å². The molecule has 1 aromatic heterocycles. The summed E-state index contributed by atoms with van der Waals surface area (Å²) in [5, 5.41) is 12.2. The highest BCUT2D eigenvalue weighted by Gasteiger charge is 2.35. The number of carboxylic acid groups (broad SMARTS) is 1. The molecule has 0 aliphatic rings. The van der Waals surface area contributed by atoms with Gasteiger partial charge < -0.3 is 15.2 Å². The molecule has 0 saturated carbocycles. The Balaban J connectivity index is 2.12. The molecule has 0 aliphatic heterocycles. The van der Waals surface area contributed by atoms with E-state index >= 15 is 0 Å². The minimum atomic E-state index is -1.20. The number of carbonyl (C=O) groups is 2. The van der Waals surface area contributed by atoms with E-state index in [0.717, 1.165) is 11.5 Å². The molecule has 0 saturated heterocycles. The first-order valence-corrected chi connectivity index (χ1v) is 7.32. The summed E-state index contributed by atoms with van der Waals surface area (Å²) in [6, 6.07) is 10.3. The lowest BCUT2D eigenvalue weighted by atomic mass is 9.82. The Morgan fingerprint density at radius 2 is 2.05 bits per heavy atom. The standard InChI is InChI=1S/C15H16N2O4S/c1-15(14(19)20,10-6-4-3-5-7-10)9-16-13(18)11-8-12(21-2)17-22-11/h3-8H,9H2,1-2H3,(H,16,18)(H,19,20). The van der Waals surface area contributed by atoms with Crippen molar-refractivity contribution in [3.8, 4) is 5.88 Å². The van der Waals surface area contributed by atoms with Crippen molar-refractivity contribution in [2.45, 2.75) is 12.3 Å². The topological polar surface area (TPSA) is 88.5 Å². The zero-order valence-electron chi connectivity index (χ0n) is 12.2. The number of aliphatic carboxylic acids is 1. The third-order valence-corrected chi connectivity index (χ3v) is 4.18. The first-order chi connectivity index (χ1) is 10.5. The quantitative estimate of drug-likeness (QED) is 0.849. The van der Waals surface area contributed by atoms with Crippen LogP contribution >= 0.6 is 11.5 Å². The highest BCUT2D eigenvalue weighted by molar-refractivity contribution is 7.08. The van der Waals surface area contributed by atoms with Gasteiger partial charge in [0.1, 0.15) is 10.3 Å². The number of nitrogens with one attached hydrogen (secondary N) is 1. The maximum Gasteiger partial charge on any atom is 0.315 e. The summed E-state index contributed by atoms with van der Waals surface area (Å²) in [5.41, 5.74) is -0.573. The van der Waals surface area contributed by atoms with Gasteiger partial charge in [0.15, 0.2) is 0 Å². The number of rotatable bonds is 6. The fourth-order valence-corrected chi connectivity index (χ4v) is 2.54. The smallest absolute Gasteiger partial charge is 0.315 e. The SMILES string of the molecule is COc1cc(C(=O)NCC(C)(C(=O)O)c2ccccc2)sn1. The minimum absolute atomic E-state index is 0.0224. The van der Waals surface area contributed by atoms with Crippen LogP contribution in [0.3, 0.4) is 0 Å². The molecular weight excluding hydrogens is 304 g/mol. The molecule has 22 heavy (non-hydrogen) atoms. The van der Waals surface area contributed by atoms with Gasteiger partial charge in [-0.05, 0) is 24.0 Å². The van der Waals surface area contributed by atoms with Gasteiger partial charge in [-0.2, -0.15) is 4.37 Å². The van der Waals surface area contributed by atoms with Crippen LogP contribution in [-0.4, -0.2) is 35.0 Å². The molecule has 7 heteroatoms. The highest BCUT2D eigenvalue weighted by atomic mass is 32.1. The summed E-state index contributed by atoms with van der Waals surface area (Å²) < 4.78 is 8.86. The van der Waals surface area contributed by atoms with Gasteiger partial charge in [0, 0.05) is 12.6 Å². The Kier molecular flexibility index (Phi) is 4.77. The fraction of sp³-hybridized carbons (Fsp3) is 0.267. The number of nitrogens with zero attached hydrogens (tertiary/aromatic N) is 1. The highest BCUT2D eigenvalue weighted by Crippen LogP contribution is 2.24. The molecule has 6 nitrogen and oxygen atoms in total. The van der Waals surface area contributed by atoms with Gasteiger partial charge >= 0.3 is 5.97 Å². The van der Waals surface area contributed by atoms with E-state index in [1.165, 1.54) is 13.2 Å². The van der Waals surface area contributed by atoms with Crippen molar-refractivity contribution in [2.75, 3.05) is 13.7 Å². The molecule has 1 unspecified atom stereocenters. The summed E-state index contributed by atoms with van der Waals surface area (Å²) in [4.78, 5) is 24.1. The van der Waals surface area contributed by atoms with Gasteiger partial charge in [-0.15, -0.1) is 0 Å². The van der Waals surface area contributed by atoms with Crippen LogP contribution in [-0.2, 0) is 10.2 Å². The average Bonchev–Trinajstić information content (AvgIpc) is 3.02. The number of hydrogen-bond donors (Lipinski definition) is 2. The summed E-state index contributed by atoms with van der Waals surface area (Å²) in [7, 11) is 1.47. The Hall–Kier alpha value is -2.41. The van der Waals surface area contributed by atoms with Crippen LogP contribution in [0.15, 0.2) is 36.4 Å². The van der Waals surface area contributed by atoms with Crippen molar-refractivity contribution >= 4 is 23.4 Å². The van der Waals surface area contributed by atoms with Crippen LogP contribution in [0.4, 0.5) is 0 Å².